The second kappa shape index (κ2) is 9.16. The third-order valence-corrected chi connectivity index (χ3v) is 7.38. The first kappa shape index (κ1) is 22.3. The van der Waals surface area contributed by atoms with E-state index in [-0.39, 0.29) is 45.5 Å². The molecule has 2 aromatic carbocycles. The van der Waals surface area contributed by atoms with E-state index >= 15 is 0 Å². The molecule has 0 aromatic heterocycles. The zero-order chi connectivity index (χ0) is 21.2. The largest absolute Gasteiger partial charge is 0.324 e. The number of benzene rings is 2. The molecule has 0 aliphatic carbocycles. The van der Waals surface area contributed by atoms with Crippen LogP contribution >= 0.6 is 34.8 Å². The van der Waals surface area contributed by atoms with Crippen molar-refractivity contribution in [2.75, 3.05) is 38.0 Å². The summed E-state index contributed by atoms with van der Waals surface area (Å²) in [5.74, 6) is -0.813. The van der Waals surface area contributed by atoms with Crippen molar-refractivity contribution < 1.29 is 17.6 Å². The number of sulfonamides is 1. The molecule has 1 N–H and O–H groups in total. The molecule has 1 amide bonds. The van der Waals surface area contributed by atoms with Gasteiger partial charge in [-0.05, 0) is 36.4 Å². The van der Waals surface area contributed by atoms with E-state index in [9.17, 15) is 17.6 Å². The van der Waals surface area contributed by atoms with Gasteiger partial charge in [-0.25, -0.2) is 12.8 Å². The molecule has 0 radical (unpaired) electrons. The van der Waals surface area contributed by atoms with E-state index in [4.69, 9.17) is 34.8 Å². The van der Waals surface area contributed by atoms with Crippen LogP contribution in [0.3, 0.4) is 0 Å². The molecule has 1 saturated heterocycles. The Balaban J connectivity index is 1.57. The van der Waals surface area contributed by atoms with Crippen molar-refractivity contribution in [2.24, 2.45) is 0 Å². The van der Waals surface area contributed by atoms with Crippen molar-refractivity contribution in [3.05, 3.63) is 57.3 Å². The Kier molecular flexibility index (Phi) is 7.03. The van der Waals surface area contributed by atoms with Gasteiger partial charge in [-0.15, -0.1) is 0 Å². The van der Waals surface area contributed by atoms with Crippen molar-refractivity contribution in [3.63, 3.8) is 0 Å². The molecule has 0 unspecified atom stereocenters. The highest BCUT2D eigenvalue weighted by atomic mass is 35.5. The van der Waals surface area contributed by atoms with Gasteiger partial charge < -0.3 is 5.32 Å². The Morgan fingerprint density at radius 1 is 0.966 bits per heavy atom. The minimum atomic E-state index is -3.70. The van der Waals surface area contributed by atoms with Gasteiger partial charge in [0, 0.05) is 26.2 Å². The maximum Gasteiger partial charge on any atom is 0.243 e. The Morgan fingerprint density at radius 2 is 1.66 bits per heavy atom. The summed E-state index contributed by atoms with van der Waals surface area (Å²) in [6.45, 7) is 1.28. The number of amides is 1. The quantitative estimate of drug-likeness (QED) is 0.708. The Morgan fingerprint density at radius 3 is 2.28 bits per heavy atom. The number of hydrogen-bond acceptors (Lipinski definition) is 4. The lowest BCUT2D eigenvalue weighted by Crippen LogP contribution is -2.50. The fourth-order valence-corrected chi connectivity index (χ4v) is 4.92. The molecule has 156 valence electrons. The first-order valence-corrected chi connectivity index (χ1v) is 11.2. The molecule has 3 rings (SSSR count). The second-order valence-corrected chi connectivity index (χ2v) is 9.59. The van der Waals surface area contributed by atoms with E-state index < -0.39 is 15.8 Å². The summed E-state index contributed by atoms with van der Waals surface area (Å²) in [4.78, 5) is 14.1. The van der Waals surface area contributed by atoms with Crippen LogP contribution in [-0.4, -0.2) is 56.3 Å². The average molecular weight is 481 g/mol. The standard InChI is InChI=1S/C18H17Cl3FN3O3S/c19-14-3-2-13(10-15(14)20)29(27,28)25-7-5-24(6-8-25)11-18(26)23-17-4-1-12(22)9-16(17)21/h1-4,9-10H,5-8,11H2,(H,23,26). The summed E-state index contributed by atoms with van der Waals surface area (Å²) in [7, 11) is -3.70. The lowest BCUT2D eigenvalue weighted by atomic mass is 10.3. The van der Waals surface area contributed by atoms with Crippen molar-refractivity contribution in [3.8, 4) is 0 Å². The van der Waals surface area contributed by atoms with Gasteiger partial charge in [0.05, 0.1) is 32.2 Å². The summed E-state index contributed by atoms with van der Waals surface area (Å²) >= 11 is 17.7. The molecule has 0 spiro atoms. The molecule has 6 nitrogen and oxygen atoms in total. The van der Waals surface area contributed by atoms with Gasteiger partial charge in [0.25, 0.3) is 0 Å². The van der Waals surface area contributed by atoms with E-state index in [0.717, 1.165) is 6.07 Å². The monoisotopic (exact) mass is 479 g/mol. The third kappa shape index (κ3) is 5.39. The summed E-state index contributed by atoms with van der Waals surface area (Å²) in [5.41, 5.74) is 0.318. The fourth-order valence-electron chi connectivity index (χ4n) is 2.90. The molecule has 11 heteroatoms. The van der Waals surface area contributed by atoms with Crippen molar-refractivity contribution >= 4 is 56.4 Å². The average Bonchev–Trinajstić information content (AvgIpc) is 2.66. The van der Waals surface area contributed by atoms with Crippen LogP contribution in [0.15, 0.2) is 41.3 Å². The van der Waals surface area contributed by atoms with Crippen LogP contribution in [-0.2, 0) is 14.8 Å². The topological polar surface area (TPSA) is 69.7 Å². The van der Waals surface area contributed by atoms with Gasteiger partial charge in [-0.1, -0.05) is 34.8 Å². The van der Waals surface area contributed by atoms with Crippen LogP contribution in [0.2, 0.25) is 15.1 Å². The van der Waals surface area contributed by atoms with Crippen molar-refractivity contribution in [1.82, 2.24) is 9.21 Å². The van der Waals surface area contributed by atoms with Crippen molar-refractivity contribution in [2.45, 2.75) is 4.90 Å². The molecule has 0 bridgehead atoms. The summed E-state index contributed by atoms with van der Waals surface area (Å²) < 4.78 is 40.0. The maximum absolute atomic E-state index is 13.1. The first-order chi connectivity index (χ1) is 13.7. The number of rotatable bonds is 5. The Bertz CT molecular complexity index is 1030. The van der Waals surface area contributed by atoms with Gasteiger partial charge in [0.2, 0.25) is 15.9 Å². The Labute approximate surface area is 183 Å². The minimum absolute atomic E-state index is 0.0639. The summed E-state index contributed by atoms with van der Waals surface area (Å²) in [6, 6.07) is 7.88. The third-order valence-electron chi connectivity index (χ3n) is 4.43. The highest BCUT2D eigenvalue weighted by molar-refractivity contribution is 7.89. The van der Waals surface area contributed by atoms with Gasteiger partial charge in [0.15, 0.2) is 0 Å². The smallest absolute Gasteiger partial charge is 0.243 e. The van der Waals surface area contributed by atoms with Gasteiger partial charge in [-0.2, -0.15) is 4.31 Å². The zero-order valence-electron chi connectivity index (χ0n) is 15.0. The molecular weight excluding hydrogens is 464 g/mol. The number of nitrogens with zero attached hydrogens (tertiary/aromatic N) is 2. The zero-order valence-corrected chi connectivity index (χ0v) is 18.1. The minimum Gasteiger partial charge on any atom is -0.324 e. The molecule has 0 atom stereocenters. The van der Waals surface area contributed by atoms with Crippen LogP contribution in [0, 0.1) is 5.82 Å². The predicted octanol–water partition coefficient (Wildman–Crippen LogP) is 3.73. The van der Waals surface area contributed by atoms with Gasteiger partial charge >= 0.3 is 0 Å². The van der Waals surface area contributed by atoms with E-state index in [0.29, 0.717) is 18.8 Å². The van der Waals surface area contributed by atoms with Crippen LogP contribution in [0.25, 0.3) is 0 Å². The van der Waals surface area contributed by atoms with Crippen LogP contribution < -0.4 is 5.32 Å². The second-order valence-electron chi connectivity index (χ2n) is 6.43. The highest BCUT2D eigenvalue weighted by Crippen LogP contribution is 2.27. The first-order valence-electron chi connectivity index (χ1n) is 8.59. The van der Waals surface area contributed by atoms with Crippen LogP contribution in [0.1, 0.15) is 0 Å². The normalized spacial score (nSPS) is 16.0. The number of carbonyl (C=O) groups excluding carboxylic acids is 1. The SMILES string of the molecule is O=C(CN1CCN(S(=O)(=O)c2ccc(Cl)c(Cl)c2)CC1)Nc1ccc(F)cc1Cl. The number of nitrogens with one attached hydrogen (secondary N) is 1. The molecular formula is C18H17Cl3FN3O3S. The number of carbonyl (C=O) groups is 1. The fraction of sp³-hybridized carbons (Fsp3) is 0.278. The molecule has 1 aliphatic heterocycles. The van der Waals surface area contributed by atoms with Crippen LogP contribution in [0.4, 0.5) is 10.1 Å². The summed E-state index contributed by atoms with van der Waals surface area (Å²) in [5, 5.41) is 3.18. The lowest BCUT2D eigenvalue weighted by Gasteiger charge is -2.33. The number of hydrogen-bond donors (Lipinski definition) is 1. The maximum atomic E-state index is 13.1. The van der Waals surface area contributed by atoms with E-state index in [2.05, 4.69) is 5.32 Å². The van der Waals surface area contributed by atoms with Gasteiger partial charge in [0.1, 0.15) is 5.82 Å². The molecule has 1 fully saturated rings. The number of halogens is 4. The van der Waals surface area contributed by atoms with Crippen molar-refractivity contribution in [1.29, 1.82) is 0 Å². The molecule has 0 saturated carbocycles. The highest BCUT2D eigenvalue weighted by Gasteiger charge is 2.29. The molecule has 2 aromatic rings. The summed E-state index contributed by atoms with van der Waals surface area (Å²) in [6.07, 6.45) is 0. The number of anilines is 1. The predicted molar refractivity (Wildman–Crippen MR) is 112 cm³/mol. The van der Waals surface area contributed by atoms with E-state index in [1.165, 1.54) is 34.6 Å². The molecule has 1 aliphatic rings. The number of piperazine rings is 1. The lowest BCUT2D eigenvalue weighted by molar-refractivity contribution is -0.117. The van der Waals surface area contributed by atoms with Crippen LogP contribution in [0.5, 0.6) is 0 Å². The molecule has 1 heterocycles. The van der Waals surface area contributed by atoms with Gasteiger partial charge in [-0.3, -0.25) is 9.69 Å². The van der Waals surface area contributed by atoms with E-state index in [1.807, 2.05) is 4.90 Å². The van der Waals surface area contributed by atoms with E-state index in [1.54, 1.807) is 0 Å². The Hall–Kier alpha value is -1.42. The molecule has 29 heavy (non-hydrogen) atoms.